The van der Waals surface area contributed by atoms with Gasteiger partial charge >= 0.3 is 0 Å². The topological polar surface area (TPSA) is 35.6 Å². The highest BCUT2D eigenvalue weighted by molar-refractivity contribution is 5.81. The SMILES string of the molecule is CC(C(=O)N1CCCC1)N1C[C@@H]2CCCN[C@@H]2C1. The van der Waals surface area contributed by atoms with Crippen LogP contribution in [0.1, 0.15) is 32.6 Å². The van der Waals surface area contributed by atoms with Crippen LogP contribution in [-0.2, 0) is 4.79 Å². The van der Waals surface area contributed by atoms with E-state index in [9.17, 15) is 4.79 Å². The molecule has 0 aromatic rings. The lowest BCUT2D eigenvalue weighted by Crippen LogP contribution is -2.46. The van der Waals surface area contributed by atoms with E-state index in [1.54, 1.807) is 0 Å². The summed E-state index contributed by atoms with van der Waals surface area (Å²) in [5.41, 5.74) is 0. The molecule has 3 atom stereocenters. The van der Waals surface area contributed by atoms with E-state index in [2.05, 4.69) is 22.0 Å². The van der Waals surface area contributed by atoms with Crippen molar-refractivity contribution in [3.63, 3.8) is 0 Å². The van der Waals surface area contributed by atoms with Crippen LogP contribution in [0.2, 0.25) is 0 Å². The highest BCUT2D eigenvalue weighted by atomic mass is 16.2. The van der Waals surface area contributed by atoms with Gasteiger partial charge in [-0.3, -0.25) is 9.69 Å². The Labute approximate surface area is 110 Å². The second-order valence-electron chi connectivity index (χ2n) is 6.13. The van der Waals surface area contributed by atoms with E-state index in [4.69, 9.17) is 0 Å². The Morgan fingerprint density at radius 2 is 2.00 bits per heavy atom. The number of hydrogen-bond acceptors (Lipinski definition) is 3. The number of nitrogens with zero attached hydrogens (tertiary/aromatic N) is 2. The van der Waals surface area contributed by atoms with Gasteiger partial charge in [0.05, 0.1) is 6.04 Å². The lowest BCUT2D eigenvalue weighted by Gasteiger charge is -2.27. The first-order valence-corrected chi connectivity index (χ1v) is 7.52. The Hall–Kier alpha value is -0.610. The smallest absolute Gasteiger partial charge is 0.239 e. The molecule has 1 N–H and O–H groups in total. The van der Waals surface area contributed by atoms with Crippen LogP contribution in [0.25, 0.3) is 0 Å². The number of amides is 1. The average Bonchev–Trinajstić information content (AvgIpc) is 3.05. The van der Waals surface area contributed by atoms with Crippen molar-refractivity contribution in [3.8, 4) is 0 Å². The highest BCUT2D eigenvalue weighted by Gasteiger charge is 2.38. The number of carbonyl (C=O) groups excluding carboxylic acids is 1. The second-order valence-corrected chi connectivity index (χ2v) is 6.13. The first-order chi connectivity index (χ1) is 8.75. The van der Waals surface area contributed by atoms with Crippen LogP contribution in [0.5, 0.6) is 0 Å². The summed E-state index contributed by atoms with van der Waals surface area (Å²) in [5, 5.41) is 3.61. The van der Waals surface area contributed by atoms with Gasteiger partial charge in [-0.25, -0.2) is 0 Å². The van der Waals surface area contributed by atoms with E-state index in [-0.39, 0.29) is 6.04 Å². The quantitative estimate of drug-likeness (QED) is 0.784. The second kappa shape index (κ2) is 5.17. The Morgan fingerprint density at radius 1 is 1.22 bits per heavy atom. The van der Waals surface area contributed by atoms with Crippen LogP contribution in [0.15, 0.2) is 0 Å². The normalized spacial score (nSPS) is 34.6. The van der Waals surface area contributed by atoms with Crippen molar-refractivity contribution < 1.29 is 4.79 Å². The first kappa shape index (κ1) is 12.4. The van der Waals surface area contributed by atoms with Crippen molar-refractivity contribution >= 4 is 5.91 Å². The van der Waals surface area contributed by atoms with Crippen molar-refractivity contribution in [1.82, 2.24) is 15.1 Å². The maximum Gasteiger partial charge on any atom is 0.239 e. The third-order valence-electron chi connectivity index (χ3n) is 4.95. The number of nitrogens with one attached hydrogen (secondary N) is 1. The van der Waals surface area contributed by atoms with Gasteiger partial charge in [-0.15, -0.1) is 0 Å². The number of hydrogen-bond donors (Lipinski definition) is 1. The van der Waals surface area contributed by atoms with Gasteiger partial charge in [0.25, 0.3) is 0 Å². The van der Waals surface area contributed by atoms with Crippen molar-refractivity contribution in [1.29, 1.82) is 0 Å². The van der Waals surface area contributed by atoms with E-state index in [0.717, 1.165) is 38.6 Å². The minimum atomic E-state index is 0.0792. The summed E-state index contributed by atoms with van der Waals surface area (Å²) < 4.78 is 0. The molecule has 1 unspecified atom stereocenters. The van der Waals surface area contributed by atoms with Gasteiger partial charge in [-0.1, -0.05) is 0 Å². The zero-order valence-corrected chi connectivity index (χ0v) is 11.4. The molecular formula is C14H25N3O. The van der Waals surface area contributed by atoms with E-state index < -0.39 is 0 Å². The van der Waals surface area contributed by atoms with E-state index >= 15 is 0 Å². The van der Waals surface area contributed by atoms with Crippen LogP contribution < -0.4 is 5.32 Å². The minimum Gasteiger partial charge on any atom is -0.341 e. The van der Waals surface area contributed by atoms with Gasteiger partial charge < -0.3 is 10.2 Å². The third-order valence-corrected chi connectivity index (χ3v) is 4.95. The fraction of sp³-hybridized carbons (Fsp3) is 0.929. The van der Waals surface area contributed by atoms with Crippen LogP contribution in [0, 0.1) is 5.92 Å². The third kappa shape index (κ3) is 2.28. The molecule has 102 valence electrons. The fourth-order valence-electron chi connectivity index (χ4n) is 3.75. The number of fused-ring (bicyclic) bond motifs is 1. The van der Waals surface area contributed by atoms with E-state index in [0.29, 0.717) is 11.9 Å². The standard InChI is InChI=1S/C14H25N3O/c1-11(14(18)16-7-2-3-8-16)17-9-12-5-4-6-15-13(12)10-17/h11-13,15H,2-10H2,1H3/t11?,12-,13+/m0/s1. The molecule has 0 aromatic carbocycles. The van der Waals surface area contributed by atoms with Crippen molar-refractivity contribution in [2.24, 2.45) is 5.92 Å². The molecule has 3 aliphatic rings. The van der Waals surface area contributed by atoms with Crippen LogP contribution in [0.3, 0.4) is 0 Å². The summed E-state index contributed by atoms with van der Waals surface area (Å²) in [6.45, 7) is 7.37. The molecule has 3 saturated heterocycles. The summed E-state index contributed by atoms with van der Waals surface area (Å²) in [6.07, 6.45) is 5.00. The first-order valence-electron chi connectivity index (χ1n) is 7.52. The molecule has 0 spiro atoms. The summed E-state index contributed by atoms with van der Waals surface area (Å²) in [5.74, 6) is 1.12. The van der Waals surface area contributed by atoms with Gasteiger partial charge in [0.15, 0.2) is 0 Å². The molecular weight excluding hydrogens is 226 g/mol. The molecule has 0 radical (unpaired) electrons. The monoisotopic (exact) mass is 251 g/mol. The van der Waals surface area contributed by atoms with Crippen molar-refractivity contribution in [2.75, 3.05) is 32.7 Å². The lowest BCUT2D eigenvalue weighted by molar-refractivity contribution is -0.135. The van der Waals surface area contributed by atoms with E-state index in [1.165, 1.54) is 25.7 Å². The summed E-state index contributed by atoms with van der Waals surface area (Å²) >= 11 is 0. The Morgan fingerprint density at radius 3 is 2.72 bits per heavy atom. The van der Waals surface area contributed by atoms with Crippen molar-refractivity contribution in [3.05, 3.63) is 0 Å². The molecule has 0 aromatic heterocycles. The maximum atomic E-state index is 12.4. The maximum absolute atomic E-state index is 12.4. The lowest BCUT2D eigenvalue weighted by atomic mass is 9.94. The molecule has 4 nitrogen and oxygen atoms in total. The predicted molar refractivity (Wildman–Crippen MR) is 71.4 cm³/mol. The molecule has 3 aliphatic heterocycles. The predicted octanol–water partition coefficient (Wildman–Crippen LogP) is 0.681. The number of piperidine rings is 1. The number of carbonyl (C=O) groups is 1. The fourth-order valence-corrected chi connectivity index (χ4v) is 3.75. The summed E-state index contributed by atoms with van der Waals surface area (Å²) in [6, 6.07) is 0.711. The summed E-state index contributed by atoms with van der Waals surface area (Å²) in [4.78, 5) is 16.9. The molecule has 3 fully saturated rings. The largest absolute Gasteiger partial charge is 0.341 e. The number of likely N-dealkylation sites (tertiary alicyclic amines) is 2. The van der Waals surface area contributed by atoms with E-state index in [1.807, 2.05) is 0 Å². The summed E-state index contributed by atoms with van der Waals surface area (Å²) in [7, 11) is 0. The average molecular weight is 251 g/mol. The molecule has 0 aliphatic carbocycles. The zero-order chi connectivity index (χ0) is 12.5. The molecule has 4 heteroatoms. The van der Waals surface area contributed by atoms with Gasteiger partial charge in [0.1, 0.15) is 0 Å². The molecule has 0 saturated carbocycles. The van der Waals surface area contributed by atoms with Crippen LogP contribution in [-0.4, -0.2) is 60.5 Å². The van der Waals surface area contributed by atoms with Crippen molar-refractivity contribution in [2.45, 2.75) is 44.7 Å². The van der Waals surface area contributed by atoms with Gasteiger partial charge in [-0.05, 0) is 45.1 Å². The molecule has 0 bridgehead atoms. The Kier molecular flexibility index (Phi) is 3.57. The molecule has 1 amide bonds. The highest BCUT2D eigenvalue weighted by Crippen LogP contribution is 2.27. The minimum absolute atomic E-state index is 0.0792. The zero-order valence-electron chi connectivity index (χ0n) is 11.4. The van der Waals surface area contributed by atoms with Crippen LogP contribution >= 0.6 is 0 Å². The Bertz CT molecular complexity index is 300. The van der Waals surface area contributed by atoms with Gasteiger partial charge in [-0.2, -0.15) is 0 Å². The van der Waals surface area contributed by atoms with Crippen LogP contribution in [0.4, 0.5) is 0 Å². The Balaban J connectivity index is 1.59. The molecule has 18 heavy (non-hydrogen) atoms. The molecule has 3 rings (SSSR count). The van der Waals surface area contributed by atoms with Gasteiger partial charge in [0.2, 0.25) is 5.91 Å². The molecule has 3 heterocycles. The van der Waals surface area contributed by atoms with Gasteiger partial charge in [0, 0.05) is 32.2 Å². The number of rotatable bonds is 2.